The Kier molecular flexibility index (Phi) is 5.41. The van der Waals surface area contributed by atoms with Gasteiger partial charge in [-0.05, 0) is 36.8 Å². The van der Waals surface area contributed by atoms with E-state index < -0.39 is 0 Å². The van der Waals surface area contributed by atoms with Gasteiger partial charge in [0.1, 0.15) is 6.04 Å². The van der Waals surface area contributed by atoms with E-state index in [1.807, 2.05) is 17.2 Å². The SMILES string of the molecule is CCC(C(=O)N1CCN(C2CCSCC2)CC1)n1cccn1. The zero-order valence-electron chi connectivity index (χ0n) is 13.4. The van der Waals surface area contributed by atoms with E-state index in [0.717, 1.165) is 38.6 Å². The average Bonchev–Trinajstić information content (AvgIpc) is 3.11. The predicted octanol–water partition coefficient (Wildman–Crippen LogP) is 1.87. The third-order valence-corrected chi connectivity index (χ3v) is 5.90. The van der Waals surface area contributed by atoms with Gasteiger partial charge in [-0.2, -0.15) is 16.9 Å². The number of hydrogen-bond acceptors (Lipinski definition) is 4. The van der Waals surface area contributed by atoms with Crippen LogP contribution in [-0.2, 0) is 4.79 Å². The van der Waals surface area contributed by atoms with Crippen LogP contribution >= 0.6 is 11.8 Å². The zero-order valence-corrected chi connectivity index (χ0v) is 14.2. The minimum absolute atomic E-state index is 0.146. The van der Waals surface area contributed by atoms with E-state index in [1.165, 1.54) is 24.3 Å². The number of rotatable bonds is 4. The third kappa shape index (κ3) is 3.49. The van der Waals surface area contributed by atoms with Gasteiger partial charge in [-0.3, -0.25) is 14.4 Å². The summed E-state index contributed by atoms with van der Waals surface area (Å²) in [5.74, 6) is 2.81. The largest absolute Gasteiger partial charge is 0.338 e. The number of carbonyl (C=O) groups excluding carboxylic acids is 1. The van der Waals surface area contributed by atoms with Crippen molar-refractivity contribution in [2.75, 3.05) is 37.7 Å². The highest BCUT2D eigenvalue weighted by molar-refractivity contribution is 7.99. The molecule has 1 unspecified atom stereocenters. The Labute approximate surface area is 137 Å². The zero-order chi connectivity index (χ0) is 15.4. The molecule has 2 aliphatic heterocycles. The summed E-state index contributed by atoms with van der Waals surface area (Å²) >= 11 is 2.07. The molecule has 1 atom stereocenters. The van der Waals surface area contributed by atoms with Gasteiger partial charge < -0.3 is 4.90 Å². The number of hydrogen-bond donors (Lipinski definition) is 0. The minimum atomic E-state index is -0.146. The van der Waals surface area contributed by atoms with Crippen LogP contribution < -0.4 is 0 Å². The van der Waals surface area contributed by atoms with Gasteiger partial charge >= 0.3 is 0 Å². The Morgan fingerprint density at radius 1 is 1.27 bits per heavy atom. The van der Waals surface area contributed by atoms with E-state index >= 15 is 0 Å². The van der Waals surface area contributed by atoms with Crippen molar-refractivity contribution in [3.8, 4) is 0 Å². The van der Waals surface area contributed by atoms with Crippen molar-refractivity contribution in [3.63, 3.8) is 0 Å². The van der Waals surface area contributed by atoms with E-state index in [0.29, 0.717) is 0 Å². The van der Waals surface area contributed by atoms with E-state index in [-0.39, 0.29) is 11.9 Å². The van der Waals surface area contributed by atoms with Gasteiger partial charge in [0.25, 0.3) is 0 Å². The number of aromatic nitrogens is 2. The number of nitrogens with zero attached hydrogens (tertiary/aromatic N) is 4. The summed E-state index contributed by atoms with van der Waals surface area (Å²) in [6.45, 7) is 5.83. The Morgan fingerprint density at radius 2 is 2.00 bits per heavy atom. The summed E-state index contributed by atoms with van der Waals surface area (Å²) < 4.78 is 1.80. The van der Waals surface area contributed by atoms with Crippen molar-refractivity contribution in [3.05, 3.63) is 18.5 Å². The number of thioether (sulfide) groups is 1. The molecule has 0 aromatic carbocycles. The fourth-order valence-corrected chi connectivity index (χ4v) is 4.59. The lowest BCUT2D eigenvalue weighted by Crippen LogP contribution is -2.53. The molecule has 2 aliphatic rings. The van der Waals surface area contributed by atoms with Crippen LogP contribution in [0.25, 0.3) is 0 Å². The maximum Gasteiger partial charge on any atom is 0.247 e. The highest BCUT2D eigenvalue weighted by Gasteiger charge is 2.30. The van der Waals surface area contributed by atoms with Crippen LogP contribution in [0, 0.1) is 0 Å². The first-order valence-electron chi connectivity index (χ1n) is 8.39. The second kappa shape index (κ2) is 7.51. The first-order valence-corrected chi connectivity index (χ1v) is 9.54. The minimum Gasteiger partial charge on any atom is -0.338 e. The van der Waals surface area contributed by atoms with Crippen molar-refractivity contribution in [2.24, 2.45) is 0 Å². The summed E-state index contributed by atoms with van der Waals surface area (Å²) in [4.78, 5) is 17.4. The summed E-state index contributed by atoms with van der Waals surface area (Å²) in [7, 11) is 0. The van der Waals surface area contributed by atoms with E-state index in [2.05, 4.69) is 28.7 Å². The fourth-order valence-electron chi connectivity index (χ4n) is 3.51. The lowest BCUT2D eigenvalue weighted by Gasteiger charge is -2.41. The standard InChI is InChI=1S/C16H26N4OS/c1-2-15(20-7-3-6-17-20)16(21)19-10-8-18(9-11-19)14-4-12-22-13-5-14/h3,6-7,14-15H,2,4-5,8-13H2,1H3. The Morgan fingerprint density at radius 3 is 2.59 bits per heavy atom. The molecule has 122 valence electrons. The van der Waals surface area contributed by atoms with Crippen LogP contribution in [0.4, 0.5) is 0 Å². The van der Waals surface area contributed by atoms with Crippen LogP contribution in [0.1, 0.15) is 32.2 Å². The van der Waals surface area contributed by atoms with Crippen molar-refractivity contribution in [1.82, 2.24) is 19.6 Å². The molecule has 0 aliphatic carbocycles. The molecule has 2 fully saturated rings. The number of amides is 1. The molecule has 1 aromatic rings. The van der Waals surface area contributed by atoms with E-state index in [9.17, 15) is 4.79 Å². The molecule has 2 saturated heterocycles. The monoisotopic (exact) mass is 322 g/mol. The molecule has 6 heteroatoms. The average molecular weight is 322 g/mol. The first-order chi connectivity index (χ1) is 10.8. The molecule has 1 aromatic heterocycles. The normalized spacial score (nSPS) is 22.7. The van der Waals surface area contributed by atoms with Crippen LogP contribution in [0.2, 0.25) is 0 Å². The first kappa shape index (κ1) is 15.9. The lowest BCUT2D eigenvalue weighted by atomic mass is 10.1. The maximum absolute atomic E-state index is 12.8. The van der Waals surface area contributed by atoms with Gasteiger partial charge in [0.05, 0.1) is 0 Å². The van der Waals surface area contributed by atoms with Gasteiger partial charge in [0.2, 0.25) is 5.91 Å². The van der Waals surface area contributed by atoms with Crippen LogP contribution in [0.3, 0.4) is 0 Å². The summed E-state index contributed by atoms with van der Waals surface area (Å²) in [5, 5.41) is 4.25. The van der Waals surface area contributed by atoms with Crippen molar-refractivity contribution in [1.29, 1.82) is 0 Å². The molecular formula is C16H26N4OS. The van der Waals surface area contributed by atoms with Crippen molar-refractivity contribution >= 4 is 17.7 Å². The summed E-state index contributed by atoms with van der Waals surface area (Å²) in [6, 6.07) is 2.48. The topological polar surface area (TPSA) is 41.4 Å². The van der Waals surface area contributed by atoms with E-state index in [4.69, 9.17) is 0 Å². The smallest absolute Gasteiger partial charge is 0.247 e. The molecule has 1 amide bonds. The Hall–Kier alpha value is -1.01. The quantitative estimate of drug-likeness (QED) is 0.849. The number of carbonyl (C=O) groups is 1. The Balaban J connectivity index is 1.55. The second-order valence-electron chi connectivity index (χ2n) is 6.11. The molecule has 0 N–H and O–H groups in total. The van der Waals surface area contributed by atoms with Gasteiger partial charge in [0.15, 0.2) is 0 Å². The van der Waals surface area contributed by atoms with Crippen LogP contribution in [0.5, 0.6) is 0 Å². The highest BCUT2D eigenvalue weighted by Crippen LogP contribution is 2.23. The van der Waals surface area contributed by atoms with Gasteiger partial charge in [0, 0.05) is 44.6 Å². The molecule has 3 heterocycles. The lowest BCUT2D eigenvalue weighted by molar-refractivity contribution is -0.137. The van der Waals surface area contributed by atoms with E-state index in [1.54, 1.807) is 10.9 Å². The number of piperazine rings is 1. The molecule has 3 rings (SSSR count). The van der Waals surface area contributed by atoms with Crippen molar-refractivity contribution < 1.29 is 4.79 Å². The molecule has 0 saturated carbocycles. The van der Waals surface area contributed by atoms with Gasteiger partial charge in [-0.25, -0.2) is 0 Å². The van der Waals surface area contributed by atoms with Crippen LogP contribution in [0.15, 0.2) is 18.5 Å². The van der Waals surface area contributed by atoms with Crippen molar-refractivity contribution in [2.45, 2.75) is 38.3 Å². The molecule has 5 nitrogen and oxygen atoms in total. The van der Waals surface area contributed by atoms with Gasteiger partial charge in [-0.15, -0.1) is 0 Å². The Bertz CT molecular complexity index is 465. The summed E-state index contributed by atoms with van der Waals surface area (Å²) in [6.07, 6.45) is 7.05. The molecule has 22 heavy (non-hydrogen) atoms. The maximum atomic E-state index is 12.8. The predicted molar refractivity (Wildman–Crippen MR) is 90.1 cm³/mol. The molecule has 0 radical (unpaired) electrons. The molecule has 0 spiro atoms. The summed E-state index contributed by atoms with van der Waals surface area (Å²) in [5.41, 5.74) is 0. The highest BCUT2D eigenvalue weighted by atomic mass is 32.2. The third-order valence-electron chi connectivity index (χ3n) is 4.85. The van der Waals surface area contributed by atoms with Crippen LogP contribution in [-0.4, -0.2) is 69.2 Å². The second-order valence-corrected chi connectivity index (χ2v) is 7.34. The molecular weight excluding hydrogens is 296 g/mol. The van der Waals surface area contributed by atoms with Gasteiger partial charge in [-0.1, -0.05) is 6.92 Å². The molecule has 0 bridgehead atoms. The fraction of sp³-hybridized carbons (Fsp3) is 0.750.